The molecule has 2 saturated heterocycles. The zero-order chi connectivity index (χ0) is 21.9. The number of anilines is 1. The van der Waals surface area contributed by atoms with Gasteiger partial charge >= 0.3 is 0 Å². The SMILES string of the molecule is CN(c1nc2sc(-c3ncc(-c4cn[nH]c4)c4cc[nH]c34)nc2s1)C1CCN2CCCC2C1. The van der Waals surface area contributed by atoms with Crippen molar-refractivity contribution in [3.05, 3.63) is 30.9 Å². The Morgan fingerprint density at radius 2 is 2.06 bits per heavy atom. The van der Waals surface area contributed by atoms with E-state index in [4.69, 9.17) is 15.0 Å². The molecular weight excluding hydrogens is 452 g/mol. The Morgan fingerprint density at radius 1 is 1.12 bits per heavy atom. The zero-order valence-electron chi connectivity index (χ0n) is 18.3. The van der Waals surface area contributed by atoms with Crippen molar-refractivity contribution in [3.8, 4) is 21.8 Å². The van der Waals surface area contributed by atoms with Gasteiger partial charge in [-0.15, -0.1) is 0 Å². The number of thiazole rings is 2. The lowest BCUT2D eigenvalue weighted by atomic mass is 9.97. The Kier molecular flexibility index (Phi) is 4.53. The van der Waals surface area contributed by atoms with Crippen LogP contribution in [0.4, 0.5) is 5.13 Å². The summed E-state index contributed by atoms with van der Waals surface area (Å²) < 4.78 is 0. The Bertz CT molecular complexity index is 1400. The molecule has 2 unspecified atom stereocenters. The Hall–Kier alpha value is -2.82. The molecule has 168 valence electrons. The highest BCUT2D eigenvalue weighted by molar-refractivity contribution is 7.29. The molecule has 0 bridgehead atoms. The van der Waals surface area contributed by atoms with Crippen LogP contribution in [0.5, 0.6) is 0 Å². The minimum atomic E-state index is 0.569. The first-order valence-corrected chi connectivity index (χ1v) is 13.1. The van der Waals surface area contributed by atoms with Crippen LogP contribution >= 0.6 is 22.7 Å². The number of aromatic amines is 2. The molecule has 8 nitrogen and oxygen atoms in total. The summed E-state index contributed by atoms with van der Waals surface area (Å²) in [6.45, 7) is 2.50. The van der Waals surface area contributed by atoms with Crippen molar-refractivity contribution in [2.75, 3.05) is 25.0 Å². The van der Waals surface area contributed by atoms with E-state index in [9.17, 15) is 0 Å². The van der Waals surface area contributed by atoms with Crippen LogP contribution in [0.25, 0.3) is 42.4 Å². The summed E-state index contributed by atoms with van der Waals surface area (Å²) in [5.74, 6) is 0. The van der Waals surface area contributed by atoms with Gasteiger partial charge in [0.1, 0.15) is 10.7 Å². The van der Waals surface area contributed by atoms with E-state index in [0.717, 1.165) is 53.6 Å². The number of fused-ring (bicyclic) bond motifs is 3. The van der Waals surface area contributed by atoms with Crippen LogP contribution in [0.15, 0.2) is 30.9 Å². The van der Waals surface area contributed by atoms with Gasteiger partial charge in [-0.3, -0.25) is 10.1 Å². The second-order valence-corrected chi connectivity index (χ2v) is 11.0. The van der Waals surface area contributed by atoms with Crippen molar-refractivity contribution >= 4 is 48.4 Å². The molecular formula is C23H24N8S2. The van der Waals surface area contributed by atoms with Gasteiger partial charge in [0, 0.05) is 60.8 Å². The molecule has 2 aliphatic rings. The van der Waals surface area contributed by atoms with Gasteiger partial charge in [-0.1, -0.05) is 22.7 Å². The van der Waals surface area contributed by atoms with Crippen molar-refractivity contribution in [3.63, 3.8) is 0 Å². The number of aromatic nitrogens is 6. The molecule has 0 radical (unpaired) electrons. The molecule has 0 aliphatic carbocycles. The lowest BCUT2D eigenvalue weighted by molar-refractivity contribution is 0.180. The molecule has 0 spiro atoms. The van der Waals surface area contributed by atoms with Crippen molar-refractivity contribution in [1.29, 1.82) is 0 Å². The van der Waals surface area contributed by atoms with Crippen LogP contribution < -0.4 is 4.90 Å². The average molecular weight is 477 g/mol. The minimum absolute atomic E-state index is 0.569. The lowest BCUT2D eigenvalue weighted by Crippen LogP contribution is -2.46. The number of nitrogens with zero attached hydrogens (tertiary/aromatic N) is 6. The van der Waals surface area contributed by atoms with Crippen LogP contribution in [-0.2, 0) is 0 Å². The summed E-state index contributed by atoms with van der Waals surface area (Å²) in [5, 5.41) is 10.1. The van der Waals surface area contributed by atoms with Crippen molar-refractivity contribution in [2.45, 2.75) is 37.8 Å². The number of H-pyrrole nitrogens is 2. The fourth-order valence-corrected chi connectivity index (χ4v) is 7.51. The summed E-state index contributed by atoms with van der Waals surface area (Å²) in [6.07, 6.45) is 12.7. The largest absolute Gasteiger partial charge is 0.359 e. The summed E-state index contributed by atoms with van der Waals surface area (Å²) in [4.78, 5) is 25.1. The predicted molar refractivity (Wildman–Crippen MR) is 134 cm³/mol. The maximum absolute atomic E-state index is 4.98. The molecule has 5 aromatic rings. The summed E-state index contributed by atoms with van der Waals surface area (Å²) in [5.41, 5.74) is 3.95. The first kappa shape index (κ1) is 19.6. The van der Waals surface area contributed by atoms with Gasteiger partial charge in [-0.25, -0.2) is 9.97 Å². The molecule has 2 aliphatic heterocycles. The normalized spacial score (nSPS) is 21.2. The standard InChI is InChI=1S/C23H24N8S2/c1-30(14-5-8-31-7-2-3-15(31)9-14)23-29-22-21(33-23)28-20(32-22)19-18-16(4-6-24-18)17(12-25-19)13-10-26-27-11-13/h4,6,10-12,14-15,24H,2-3,5,7-9H2,1H3,(H,26,27). The Balaban J connectivity index is 1.19. The van der Waals surface area contributed by atoms with E-state index in [1.807, 2.05) is 24.8 Å². The molecule has 0 saturated carbocycles. The maximum atomic E-state index is 4.98. The van der Waals surface area contributed by atoms with E-state index < -0.39 is 0 Å². The summed E-state index contributed by atoms with van der Waals surface area (Å²) in [6, 6.07) is 3.41. The second kappa shape index (κ2) is 7.61. The van der Waals surface area contributed by atoms with Gasteiger partial charge < -0.3 is 14.8 Å². The smallest absolute Gasteiger partial charge is 0.188 e. The molecule has 10 heteroatoms. The highest BCUT2D eigenvalue weighted by Crippen LogP contribution is 2.40. The highest BCUT2D eigenvalue weighted by atomic mass is 32.1. The Morgan fingerprint density at radius 3 is 2.94 bits per heavy atom. The predicted octanol–water partition coefficient (Wildman–Crippen LogP) is 4.75. The van der Waals surface area contributed by atoms with Gasteiger partial charge in [0.15, 0.2) is 14.8 Å². The molecule has 2 fully saturated rings. The fourth-order valence-electron chi connectivity index (χ4n) is 5.44. The number of piperidine rings is 1. The van der Waals surface area contributed by atoms with Crippen molar-refractivity contribution < 1.29 is 0 Å². The van der Waals surface area contributed by atoms with Gasteiger partial charge in [0.05, 0.1) is 11.7 Å². The monoisotopic (exact) mass is 476 g/mol. The van der Waals surface area contributed by atoms with Crippen LogP contribution in [0.3, 0.4) is 0 Å². The third-order valence-corrected chi connectivity index (χ3v) is 9.34. The topological polar surface area (TPSA) is 89.6 Å². The number of hydrogen-bond donors (Lipinski definition) is 2. The van der Waals surface area contributed by atoms with Crippen LogP contribution in [0, 0.1) is 0 Å². The molecule has 2 atom stereocenters. The molecule has 7 rings (SSSR count). The van der Waals surface area contributed by atoms with Crippen LogP contribution in [-0.4, -0.2) is 67.3 Å². The van der Waals surface area contributed by atoms with Crippen molar-refractivity contribution in [2.24, 2.45) is 0 Å². The first-order chi connectivity index (χ1) is 16.2. The van der Waals surface area contributed by atoms with Crippen LogP contribution in [0.2, 0.25) is 0 Å². The van der Waals surface area contributed by atoms with Crippen LogP contribution in [0.1, 0.15) is 25.7 Å². The molecule has 7 heterocycles. The molecule has 5 aromatic heterocycles. The maximum Gasteiger partial charge on any atom is 0.188 e. The lowest BCUT2D eigenvalue weighted by Gasteiger charge is -2.39. The van der Waals surface area contributed by atoms with E-state index in [-0.39, 0.29) is 0 Å². The summed E-state index contributed by atoms with van der Waals surface area (Å²) >= 11 is 3.32. The van der Waals surface area contributed by atoms with E-state index in [1.165, 1.54) is 38.8 Å². The first-order valence-electron chi connectivity index (χ1n) is 11.4. The third kappa shape index (κ3) is 3.19. The quantitative estimate of drug-likeness (QED) is 0.389. The fraction of sp³-hybridized carbons (Fsp3) is 0.391. The third-order valence-electron chi connectivity index (χ3n) is 7.22. The Labute approximate surface area is 198 Å². The highest BCUT2D eigenvalue weighted by Gasteiger charge is 2.34. The molecule has 0 amide bonds. The number of pyridine rings is 1. The second-order valence-electron chi connectivity index (χ2n) is 9.02. The average Bonchev–Trinajstić information content (AvgIpc) is 3.64. The van der Waals surface area contributed by atoms with Crippen molar-refractivity contribution in [1.82, 2.24) is 35.0 Å². The number of nitrogens with one attached hydrogen (secondary N) is 2. The minimum Gasteiger partial charge on any atom is -0.359 e. The van der Waals surface area contributed by atoms with Gasteiger partial charge in [0.2, 0.25) is 0 Å². The van der Waals surface area contributed by atoms with E-state index in [0.29, 0.717) is 6.04 Å². The van der Waals surface area contributed by atoms with Gasteiger partial charge in [-0.2, -0.15) is 5.10 Å². The zero-order valence-corrected chi connectivity index (χ0v) is 19.9. The van der Waals surface area contributed by atoms with E-state index >= 15 is 0 Å². The van der Waals surface area contributed by atoms with E-state index in [1.54, 1.807) is 22.7 Å². The number of rotatable bonds is 4. The van der Waals surface area contributed by atoms with E-state index in [2.05, 4.69) is 38.1 Å². The number of hydrogen-bond acceptors (Lipinski definition) is 8. The molecule has 0 aromatic carbocycles. The summed E-state index contributed by atoms with van der Waals surface area (Å²) in [7, 11) is 2.21. The van der Waals surface area contributed by atoms with Gasteiger partial charge in [-0.05, 0) is 38.3 Å². The molecule has 2 N–H and O–H groups in total. The van der Waals surface area contributed by atoms with Gasteiger partial charge in [0.25, 0.3) is 0 Å². The molecule has 33 heavy (non-hydrogen) atoms.